The number of aromatic nitrogens is 1. The Morgan fingerprint density at radius 3 is 2.90 bits per heavy atom. The van der Waals surface area contributed by atoms with Gasteiger partial charge in [0, 0.05) is 18.0 Å². The second kappa shape index (κ2) is 5.81. The van der Waals surface area contributed by atoms with Crippen LogP contribution in [-0.4, -0.2) is 17.7 Å². The third-order valence-electron chi connectivity index (χ3n) is 3.91. The number of rotatable bonds is 3. The van der Waals surface area contributed by atoms with Gasteiger partial charge in [0.05, 0.1) is 0 Å². The number of H-pyrrole nitrogens is 1. The molecule has 1 aromatic heterocycles. The Kier molecular flexibility index (Phi) is 3.88. The molecule has 1 saturated heterocycles. The predicted octanol–water partition coefficient (Wildman–Crippen LogP) is 2.32. The van der Waals surface area contributed by atoms with Gasteiger partial charge in [-0.2, -0.15) is 5.16 Å². The topological polar surface area (TPSA) is 58.0 Å². The molecule has 2 heterocycles. The second-order valence-electron chi connectivity index (χ2n) is 5.43. The molecule has 0 bridgehead atoms. The van der Waals surface area contributed by atoms with Gasteiger partial charge in [-0.3, -0.25) is 4.79 Å². The molecule has 0 saturated carbocycles. The summed E-state index contributed by atoms with van der Waals surface area (Å²) in [5, 5.41) is 5.59. The Morgan fingerprint density at radius 1 is 1.29 bits per heavy atom. The van der Waals surface area contributed by atoms with Gasteiger partial charge >= 0.3 is 0 Å². The van der Waals surface area contributed by atoms with Gasteiger partial charge in [0.25, 0.3) is 5.56 Å². The standard InChI is InChI=1S/C15H16F2N2O2/c16-11-1-2-13(17)10(5-11)7-12-6-9(3-4-18-12)14-8-15(20)19-21-14/h1-2,5,8-9,12,18H,3-4,6-7H2,(H,19,20)/t9-,12+/m0/s1. The van der Waals surface area contributed by atoms with Gasteiger partial charge in [-0.15, -0.1) is 0 Å². The highest BCUT2D eigenvalue weighted by atomic mass is 19.1. The van der Waals surface area contributed by atoms with Crippen molar-refractivity contribution >= 4 is 0 Å². The van der Waals surface area contributed by atoms with E-state index in [0.29, 0.717) is 17.7 Å². The van der Waals surface area contributed by atoms with E-state index in [-0.39, 0.29) is 17.5 Å². The van der Waals surface area contributed by atoms with E-state index in [4.69, 9.17) is 4.52 Å². The maximum atomic E-state index is 13.7. The monoisotopic (exact) mass is 294 g/mol. The molecule has 2 N–H and O–H groups in total. The van der Waals surface area contributed by atoms with Gasteiger partial charge in [-0.25, -0.2) is 8.78 Å². The van der Waals surface area contributed by atoms with Crippen molar-refractivity contribution in [1.29, 1.82) is 0 Å². The first-order chi connectivity index (χ1) is 10.1. The van der Waals surface area contributed by atoms with Crippen molar-refractivity contribution in [3.05, 3.63) is 57.6 Å². The lowest BCUT2D eigenvalue weighted by Crippen LogP contribution is -2.38. The molecule has 1 aliphatic heterocycles. The minimum absolute atomic E-state index is 0.0280. The van der Waals surface area contributed by atoms with Crippen LogP contribution in [-0.2, 0) is 6.42 Å². The van der Waals surface area contributed by atoms with Crippen molar-refractivity contribution in [1.82, 2.24) is 10.5 Å². The largest absolute Gasteiger partial charge is 0.383 e. The van der Waals surface area contributed by atoms with E-state index in [9.17, 15) is 13.6 Å². The lowest BCUT2D eigenvalue weighted by molar-refractivity contribution is 0.291. The average Bonchev–Trinajstić information content (AvgIpc) is 2.90. The summed E-state index contributed by atoms with van der Waals surface area (Å²) in [6.07, 6.45) is 1.98. The maximum absolute atomic E-state index is 13.7. The van der Waals surface area contributed by atoms with Crippen molar-refractivity contribution in [3.8, 4) is 0 Å². The number of benzene rings is 1. The Labute approximate surface area is 120 Å². The summed E-state index contributed by atoms with van der Waals surface area (Å²) >= 11 is 0. The van der Waals surface area contributed by atoms with E-state index in [1.165, 1.54) is 12.1 Å². The van der Waals surface area contributed by atoms with Gasteiger partial charge in [0.1, 0.15) is 17.4 Å². The van der Waals surface area contributed by atoms with Crippen LogP contribution in [0.2, 0.25) is 0 Å². The molecule has 1 fully saturated rings. The quantitative estimate of drug-likeness (QED) is 0.913. The van der Waals surface area contributed by atoms with Crippen LogP contribution in [0.1, 0.15) is 30.1 Å². The fourth-order valence-corrected chi connectivity index (χ4v) is 2.88. The molecule has 2 atom stereocenters. The highest BCUT2D eigenvalue weighted by molar-refractivity contribution is 5.20. The fourth-order valence-electron chi connectivity index (χ4n) is 2.88. The van der Waals surface area contributed by atoms with Crippen molar-refractivity contribution in [3.63, 3.8) is 0 Å². The smallest absolute Gasteiger partial charge is 0.280 e. The number of halogens is 2. The van der Waals surface area contributed by atoms with Crippen LogP contribution in [0.15, 0.2) is 33.6 Å². The first-order valence-corrected chi connectivity index (χ1v) is 6.97. The fraction of sp³-hybridized carbons (Fsp3) is 0.400. The summed E-state index contributed by atoms with van der Waals surface area (Å²) in [4.78, 5) is 11.1. The van der Waals surface area contributed by atoms with Crippen LogP contribution in [0.25, 0.3) is 0 Å². The molecule has 21 heavy (non-hydrogen) atoms. The minimum Gasteiger partial charge on any atom is -0.383 e. The lowest BCUT2D eigenvalue weighted by atomic mass is 9.87. The SMILES string of the molecule is O=c1cc([C@H]2CCN[C@@H](Cc3cc(F)ccc3F)C2)o[nH]1. The molecule has 0 amide bonds. The van der Waals surface area contributed by atoms with Gasteiger partial charge in [-0.05, 0) is 49.6 Å². The van der Waals surface area contributed by atoms with E-state index in [0.717, 1.165) is 31.5 Å². The highest BCUT2D eigenvalue weighted by Crippen LogP contribution is 2.28. The van der Waals surface area contributed by atoms with Crippen LogP contribution in [0.3, 0.4) is 0 Å². The first-order valence-electron chi connectivity index (χ1n) is 6.97. The minimum atomic E-state index is -0.435. The lowest BCUT2D eigenvalue weighted by Gasteiger charge is -2.29. The third-order valence-corrected chi connectivity index (χ3v) is 3.91. The molecule has 4 nitrogen and oxygen atoms in total. The van der Waals surface area contributed by atoms with Crippen LogP contribution in [0, 0.1) is 11.6 Å². The number of nitrogens with one attached hydrogen (secondary N) is 2. The average molecular weight is 294 g/mol. The molecule has 1 aliphatic rings. The summed E-state index contributed by atoms with van der Waals surface area (Å²) in [7, 11) is 0. The molecule has 0 unspecified atom stereocenters. The van der Waals surface area contributed by atoms with Crippen molar-refractivity contribution in [2.24, 2.45) is 0 Å². The molecule has 0 spiro atoms. The van der Waals surface area contributed by atoms with Gasteiger partial charge in [0.15, 0.2) is 0 Å². The van der Waals surface area contributed by atoms with Gasteiger partial charge in [-0.1, -0.05) is 0 Å². The Morgan fingerprint density at radius 2 is 2.14 bits per heavy atom. The molecule has 3 rings (SSSR count). The van der Waals surface area contributed by atoms with E-state index < -0.39 is 11.6 Å². The number of aromatic amines is 1. The summed E-state index contributed by atoms with van der Waals surface area (Å²) in [5.74, 6) is -0.0816. The first kappa shape index (κ1) is 14.0. The highest BCUT2D eigenvalue weighted by Gasteiger charge is 2.26. The summed E-state index contributed by atoms with van der Waals surface area (Å²) in [6, 6.07) is 4.98. The summed E-state index contributed by atoms with van der Waals surface area (Å²) in [6.45, 7) is 0.751. The molecular weight excluding hydrogens is 278 g/mol. The Hall–Kier alpha value is -1.95. The molecule has 0 radical (unpaired) electrons. The van der Waals surface area contributed by atoms with Gasteiger partial charge in [0.2, 0.25) is 0 Å². The third kappa shape index (κ3) is 3.21. The van der Waals surface area contributed by atoms with E-state index in [1.807, 2.05) is 0 Å². The molecule has 2 aromatic rings. The zero-order chi connectivity index (χ0) is 14.8. The molecule has 112 valence electrons. The Bertz CT molecular complexity index is 680. The van der Waals surface area contributed by atoms with Crippen molar-refractivity contribution in [2.45, 2.75) is 31.2 Å². The van der Waals surface area contributed by atoms with Crippen LogP contribution in [0.4, 0.5) is 8.78 Å². The number of piperidine rings is 1. The van der Waals surface area contributed by atoms with Crippen LogP contribution >= 0.6 is 0 Å². The second-order valence-corrected chi connectivity index (χ2v) is 5.43. The Balaban J connectivity index is 1.71. The van der Waals surface area contributed by atoms with Crippen molar-refractivity contribution in [2.75, 3.05) is 6.54 Å². The molecular formula is C15H16F2N2O2. The normalized spacial score (nSPS) is 22.4. The van der Waals surface area contributed by atoms with Crippen LogP contribution in [0.5, 0.6) is 0 Å². The number of hydrogen-bond donors (Lipinski definition) is 2. The van der Waals surface area contributed by atoms with E-state index >= 15 is 0 Å². The van der Waals surface area contributed by atoms with Crippen LogP contribution < -0.4 is 10.9 Å². The zero-order valence-corrected chi connectivity index (χ0v) is 11.4. The van der Waals surface area contributed by atoms with E-state index in [1.54, 1.807) is 0 Å². The summed E-state index contributed by atoms with van der Waals surface area (Å²) in [5.41, 5.74) is 0.111. The maximum Gasteiger partial charge on any atom is 0.280 e. The zero-order valence-electron chi connectivity index (χ0n) is 11.4. The molecule has 0 aliphatic carbocycles. The molecule has 1 aromatic carbocycles. The number of hydrogen-bond acceptors (Lipinski definition) is 3. The van der Waals surface area contributed by atoms with E-state index in [2.05, 4.69) is 10.5 Å². The van der Waals surface area contributed by atoms with Gasteiger partial charge < -0.3 is 9.84 Å². The van der Waals surface area contributed by atoms with Crippen molar-refractivity contribution < 1.29 is 13.3 Å². The predicted molar refractivity (Wildman–Crippen MR) is 73.2 cm³/mol. The summed E-state index contributed by atoms with van der Waals surface area (Å²) < 4.78 is 32.0. The molecule has 6 heteroatoms.